The highest BCUT2D eigenvalue weighted by atomic mass is 32.1. The lowest BCUT2D eigenvalue weighted by Gasteiger charge is -2.25. The van der Waals surface area contributed by atoms with E-state index in [9.17, 15) is 19.2 Å². The van der Waals surface area contributed by atoms with Crippen molar-refractivity contribution in [3.8, 4) is 0 Å². The Kier molecular flexibility index (Phi) is 8.25. The maximum atomic E-state index is 13.7. The Labute approximate surface area is 228 Å². The molecule has 0 radical (unpaired) electrons. The lowest BCUT2D eigenvalue weighted by atomic mass is 9.95. The van der Waals surface area contributed by atoms with E-state index in [1.54, 1.807) is 61.5 Å². The van der Waals surface area contributed by atoms with Gasteiger partial charge in [-0.15, -0.1) is 0 Å². The van der Waals surface area contributed by atoms with Crippen molar-refractivity contribution in [1.29, 1.82) is 0 Å². The number of aromatic nitrogens is 1. The van der Waals surface area contributed by atoms with E-state index in [1.807, 2.05) is 13.8 Å². The summed E-state index contributed by atoms with van der Waals surface area (Å²) in [5.41, 5.74) is 2.42. The first kappa shape index (κ1) is 27.7. The Bertz CT molecular complexity index is 1630. The number of hydrogen-bond acceptors (Lipinski definition) is 9. The van der Waals surface area contributed by atoms with Crippen LogP contribution in [0.15, 0.2) is 69.6 Å². The highest BCUT2D eigenvalue weighted by molar-refractivity contribution is 7.07. The molecule has 0 saturated carbocycles. The fourth-order valence-electron chi connectivity index (χ4n) is 4.12. The smallest absolute Gasteiger partial charge is 0.338 e. The van der Waals surface area contributed by atoms with E-state index in [0.717, 1.165) is 0 Å². The second kappa shape index (κ2) is 11.6. The van der Waals surface area contributed by atoms with Crippen molar-refractivity contribution in [2.45, 2.75) is 26.8 Å². The molecule has 0 spiro atoms. The van der Waals surface area contributed by atoms with Crippen LogP contribution >= 0.6 is 11.3 Å². The Balaban J connectivity index is 1.85. The van der Waals surface area contributed by atoms with Crippen LogP contribution in [-0.4, -0.2) is 43.3 Å². The van der Waals surface area contributed by atoms with E-state index < -0.39 is 23.9 Å². The Morgan fingerprint density at radius 2 is 1.51 bits per heavy atom. The number of benzene rings is 2. The maximum absolute atomic E-state index is 13.7. The van der Waals surface area contributed by atoms with Gasteiger partial charge in [0.1, 0.15) is 0 Å². The molecule has 2 heterocycles. The molecule has 1 unspecified atom stereocenters. The number of hydrogen-bond donors (Lipinski definition) is 0. The number of carbonyl (C=O) groups excluding carboxylic acids is 3. The van der Waals surface area contributed by atoms with Crippen LogP contribution in [0.5, 0.6) is 0 Å². The third kappa shape index (κ3) is 5.75. The fourth-order valence-corrected chi connectivity index (χ4v) is 5.17. The summed E-state index contributed by atoms with van der Waals surface area (Å²) >= 11 is 1.19. The maximum Gasteiger partial charge on any atom is 0.338 e. The summed E-state index contributed by atoms with van der Waals surface area (Å²) in [6.07, 6.45) is 1.71. The molecule has 1 aromatic heterocycles. The predicted octanol–water partition coefficient (Wildman–Crippen LogP) is 3.01. The number of methoxy groups -OCH3 is 2. The SMILES string of the molecule is COC(=O)c1ccc(C=c2sc3n(c2=O)C(c2ccc(C(=O)OC)cc2)C(C(=O)OCC(C)C)=C(C)N=3)cc1. The van der Waals surface area contributed by atoms with Crippen molar-refractivity contribution >= 4 is 35.3 Å². The molecule has 0 bridgehead atoms. The molecule has 9 nitrogen and oxygen atoms in total. The minimum atomic E-state index is -0.809. The van der Waals surface area contributed by atoms with Gasteiger partial charge in [-0.1, -0.05) is 49.4 Å². The van der Waals surface area contributed by atoms with Gasteiger partial charge in [0.2, 0.25) is 0 Å². The van der Waals surface area contributed by atoms with Gasteiger partial charge in [-0.2, -0.15) is 0 Å². The quantitative estimate of drug-likeness (QED) is 0.329. The molecule has 10 heteroatoms. The van der Waals surface area contributed by atoms with Gasteiger partial charge in [-0.05, 0) is 54.3 Å². The van der Waals surface area contributed by atoms with Gasteiger partial charge in [0, 0.05) is 0 Å². The molecule has 0 aliphatic carbocycles. The van der Waals surface area contributed by atoms with Gasteiger partial charge in [0.25, 0.3) is 5.56 Å². The first-order chi connectivity index (χ1) is 18.6. The normalized spacial score (nSPS) is 15.0. The van der Waals surface area contributed by atoms with Gasteiger partial charge in [-0.3, -0.25) is 9.36 Å². The lowest BCUT2D eigenvalue weighted by molar-refractivity contribution is -0.140. The van der Waals surface area contributed by atoms with Gasteiger partial charge < -0.3 is 14.2 Å². The lowest BCUT2D eigenvalue weighted by Crippen LogP contribution is -2.40. The molecule has 2 aromatic carbocycles. The van der Waals surface area contributed by atoms with Crippen molar-refractivity contribution in [3.05, 3.63) is 102 Å². The summed E-state index contributed by atoms with van der Waals surface area (Å²) in [5, 5.41) is 0. The first-order valence-corrected chi connectivity index (χ1v) is 13.0. The van der Waals surface area contributed by atoms with Gasteiger partial charge >= 0.3 is 17.9 Å². The van der Waals surface area contributed by atoms with Crippen LogP contribution < -0.4 is 14.9 Å². The molecule has 1 aliphatic rings. The molecular formula is C29H28N2O7S. The predicted molar refractivity (Wildman–Crippen MR) is 145 cm³/mol. The number of esters is 3. The minimum Gasteiger partial charge on any atom is -0.465 e. The van der Waals surface area contributed by atoms with Gasteiger partial charge in [0.15, 0.2) is 4.80 Å². The first-order valence-electron chi connectivity index (χ1n) is 12.2. The summed E-state index contributed by atoms with van der Waals surface area (Å²) in [6, 6.07) is 12.4. The fraction of sp³-hybridized carbons (Fsp3) is 0.276. The van der Waals surface area contributed by atoms with E-state index in [2.05, 4.69) is 4.99 Å². The van der Waals surface area contributed by atoms with Crippen LogP contribution in [0, 0.1) is 5.92 Å². The average molecular weight is 549 g/mol. The van der Waals surface area contributed by atoms with E-state index in [4.69, 9.17) is 14.2 Å². The van der Waals surface area contributed by atoms with Crippen LogP contribution in [0.25, 0.3) is 6.08 Å². The molecule has 4 rings (SSSR count). The molecule has 0 fully saturated rings. The molecule has 0 N–H and O–H groups in total. The summed E-state index contributed by atoms with van der Waals surface area (Å²) in [5.74, 6) is -1.38. The zero-order chi connectivity index (χ0) is 28.3. The van der Waals surface area contributed by atoms with Crippen molar-refractivity contribution in [2.24, 2.45) is 10.9 Å². The third-order valence-corrected chi connectivity index (χ3v) is 7.05. The third-order valence-electron chi connectivity index (χ3n) is 6.07. The van der Waals surface area contributed by atoms with E-state index >= 15 is 0 Å². The van der Waals surface area contributed by atoms with E-state index in [0.29, 0.717) is 37.3 Å². The topological polar surface area (TPSA) is 113 Å². The van der Waals surface area contributed by atoms with Gasteiger partial charge in [0.05, 0.1) is 53.8 Å². The molecule has 3 aromatic rings. The highest BCUT2D eigenvalue weighted by Gasteiger charge is 2.33. The number of rotatable bonds is 7. The summed E-state index contributed by atoms with van der Waals surface area (Å²) in [6.45, 7) is 5.80. The average Bonchev–Trinajstić information content (AvgIpc) is 3.24. The summed E-state index contributed by atoms with van der Waals surface area (Å²) in [7, 11) is 2.61. The van der Waals surface area contributed by atoms with Gasteiger partial charge in [-0.25, -0.2) is 19.4 Å². The number of fused-ring (bicyclic) bond motifs is 1. The van der Waals surface area contributed by atoms with Crippen molar-refractivity contribution in [2.75, 3.05) is 20.8 Å². The van der Waals surface area contributed by atoms with Crippen molar-refractivity contribution < 1.29 is 28.6 Å². The standard InChI is InChI=1S/C29H28N2O7S/c1-16(2)15-38-28(35)23-17(3)30-29-31(24(23)19-10-12-21(13-11-19)27(34)37-5)25(32)22(39-29)14-18-6-8-20(9-7-18)26(33)36-4/h6-14,16,24H,15H2,1-5H3. The number of allylic oxidation sites excluding steroid dienone is 1. The van der Waals surface area contributed by atoms with E-state index in [1.165, 1.54) is 30.1 Å². The molecule has 39 heavy (non-hydrogen) atoms. The second-order valence-corrected chi connectivity index (χ2v) is 10.3. The monoisotopic (exact) mass is 548 g/mol. The number of thiazole rings is 1. The minimum absolute atomic E-state index is 0.124. The molecule has 0 amide bonds. The van der Waals surface area contributed by atoms with Crippen molar-refractivity contribution in [1.82, 2.24) is 4.57 Å². The molecular weight excluding hydrogens is 520 g/mol. The zero-order valence-electron chi connectivity index (χ0n) is 22.2. The Morgan fingerprint density at radius 1 is 0.949 bits per heavy atom. The van der Waals surface area contributed by atoms with Crippen LogP contribution in [0.3, 0.4) is 0 Å². The molecule has 1 aliphatic heterocycles. The zero-order valence-corrected chi connectivity index (χ0v) is 23.0. The number of carbonyl (C=O) groups is 3. The molecule has 1 atom stereocenters. The second-order valence-electron chi connectivity index (χ2n) is 9.30. The largest absolute Gasteiger partial charge is 0.465 e. The van der Waals surface area contributed by atoms with Crippen LogP contribution in [0.4, 0.5) is 0 Å². The highest BCUT2D eigenvalue weighted by Crippen LogP contribution is 2.31. The molecule has 0 saturated heterocycles. The summed E-state index contributed by atoms with van der Waals surface area (Å²) in [4.78, 5) is 55.8. The summed E-state index contributed by atoms with van der Waals surface area (Å²) < 4.78 is 17.0. The van der Waals surface area contributed by atoms with Crippen LogP contribution in [-0.2, 0) is 19.0 Å². The Hall–Kier alpha value is -4.31. The van der Waals surface area contributed by atoms with Crippen molar-refractivity contribution in [3.63, 3.8) is 0 Å². The number of ether oxygens (including phenoxy) is 3. The van der Waals surface area contributed by atoms with E-state index in [-0.39, 0.29) is 23.7 Å². The van der Waals surface area contributed by atoms with Crippen LogP contribution in [0.1, 0.15) is 58.7 Å². The molecule has 202 valence electrons. The Morgan fingerprint density at radius 3 is 2.05 bits per heavy atom. The van der Waals surface area contributed by atoms with Crippen LogP contribution in [0.2, 0.25) is 0 Å². The number of nitrogens with zero attached hydrogens (tertiary/aromatic N) is 2.